The predicted octanol–water partition coefficient (Wildman–Crippen LogP) is 1.92. The van der Waals surface area contributed by atoms with Gasteiger partial charge in [0.05, 0.1) is 22.9 Å². The van der Waals surface area contributed by atoms with Gasteiger partial charge in [-0.2, -0.15) is 4.31 Å². The van der Waals surface area contributed by atoms with Gasteiger partial charge in [0.15, 0.2) is 5.96 Å². The Kier molecular flexibility index (Phi) is 9.30. The van der Waals surface area contributed by atoms with E-state index >= 15 is 0 Å². The SMILES string of the molecule is CCNC(=NCc1csc(CC)n1)N1CCN(S(=O)(=O)Cc2ccon2)CC1.I. The number of thiazole rings is 1. The van der Waals surface area contributed by atoms with Gasteiger partial charge in [0.2, 0.25) is 10.0 Å². The minimum Gasteiger partial charge on any atom is -0.364 e. The van der Waals surface area contributed by atoms with Gasteiger partial charge in [-0.05, 0) is 13.3 Å². The van der Waals surface area contributed by atoms with Crippen molar-refractivity contribution in [2.45, 2.75) is 32.6 Å². The van der Waals surface area contributed by atoms with E-state index in [9.17, 15) is 8.42 Å². The molecule has 0 unspecified atom stereocenters. The Balaban J connectivity index is 0.00000300. The molecule has 12 heteroatoms. The molecule has 0 amide bonds. The lowest BCUT2D eigenvalue weighted by Crippen LogP contribution is -2.53. The van der Waals surface area contributed by atoms with Gasteiger partial charge in [0.25, 0.3) is 0 Å². The zero-order valence-electron chi connectivity index (χ0n) is 16.6. The molecule has 1 aliphatic heterocycles. The summed E-state index contributed by atoms with van der Waals surface area (Å²) in [6.07, 6.45) is 2.31. The number of halogens is 1. The number of hydrogen-bond donors (Lipinski definition) is 1. The van der Waals surface area contributed by atoms with Crippen LogP contribution in [0.5, 0.6) is 0 Å². The van der Waals surface area contributed by atoms with Crippen LogP contribution in [-0.2, 0) is 28.7 Å². The quantitative estimate of drug-likeness (QED) is 0.317. The molecule has 0 atom stereocenters. The van der Waals surface area contributed by atoms with Crippen LogP contribution >= 0.6 is 35.3 Å². The van der Waals surface area contributed by atoms with Crippen molar-refractivity contribution in [3.8, 4) is 0 Å². The highest BCUT2D eigenvalue weighted by atomic mass is 127. The summed E-state index contributed by atoms with van der Waals surface area (Å²) in [6.45, 7) is 7.38. The number of nitrogens with one attached hydrogen (secondary N) is 1. The average molecular weight is 554 g/mol. The molecular weight excluding hydrogens is 527 g/mol. The molecule has 3 heterocycles. The third kappa shape index (κ3) is 6.62. The minimum atomic E-state index is -3.41. The number of rotatable bonds is 7. The Bertz CT molecular complexity index is 877. The first-order valence-corrected chi connectivity index (χ1v) is 11.8. The van der Waals surface area contributed by atoms with Crippen molar-refractivity contribution in [3.63, 3.8) is 0 Å². The fraction of sp³-hybridized carbons (Fsp3) is 0.588. The molecule has 0 radical (unpaired) electrons. The first-order valence-electron chi connectivity index (χ1n) is 9.35. The number of hydrogen-bond acceptors (Lipinski definition) is 7. The summed E-state index contributed by atoms with van der Waals surface area (Å²) >= 11 is 1.65. The van der Waals surface area contributed by atoms with Gasteiger partial charge < -0.3 is 14.7 Å². The molecule has 1 aliphatic rings. The molecule has 3 rings (SSSR count). The van der Waals surface area contributed by atoms with E-state index < -0.39 is 10.0 Å². The van der Waals surface area contributed by atoms with Crippen molar-refractivity contribution in [3.05, 3.63) is 34.1 Å². The standard InChI is InChI=1S/C17H26N6O3S2.HI/c1-3-16-20-15(12-27-16)11-19-17(18-4-2)22-6-8-23(9-7-22)28(24,25)13-14-5-10-26-21-14;/h5,10,12H,3-4,6-9,11,13H2,1-2H3,(H,18,19);1H. The predicted molar refractivity (Wildman–Crippen MR) is 124 cm³/mol. The van der Waals surface area contributed by atoms with Crippen molar-refractivity contribution in [2.24, 2.45) is 4.99 Å². The Labute approximate surface area is 192 Å². The van der Waals surface area contributed by atoms with Crippen molar-refractivity contribution in [1.82, 2.24) is 24.7 Å². The highest BCUT2D eigenvalue weighted by Gasteiger charge is 2.29. The smallest absolute Gasteiger partial charge is 0.220 e. The van der Waals surface area contributed by atoms with Crippen LogP contribution in [0, 0.1) is 0 Å². The number of guanidine groups is 1. The molecule has 1 N–H and O–H groups in total. The molecule has 162 valence electrons. The number of aryl methyl sites for hydroxylation is 1. The molecular formula is C17H27IN6O3S2. The summed E-state index contributed by atoms with van der Waals surface area (Å²) in [5, 5.41) is 10.1. The third-order valence-corrected chi connectivity index (χ3v) is 7.24. The first kappa shape index (κ1) is 24.0. The number of nitrogens with zero attached hydrogens (tertiary/aromatic N) is 5. The molecule has 0 aromatic carbocycles. The summed E-state index contributed by atoms with van der Waals surface area (Å²) in [6, 6.07) is 1.58. The molecule has 0 saturated carbocycles. The van der Waals surface area contributed by atoms with E-state index in [4.69, 9.17) is 4.52 Å². The first-order chi connectivity index (χ1) is 13.5. The Morgan fingerprint density at radius 1 is 1.28 bits per heavy atom. The largest absolute Gasteiger partial charge is 0.364 e. The lowest BCUT2D eigenvalue weighted by molar-refractivity contribution is 0.259. The zero-order valence-corrected chi connectivity index (χ0v) is 20.5. The van der Waals surface area contributed by atoms with Crippen molar-refractivity contribution >= 4 is 51.3 Å². The van der Waals surface area contributed by atoms with Gasteiger partial charge in [-0.3, -0.25) is 0 Å². The van der Waals surface area contributed by atoms with Gasteiger partial charge in [-0.15, -0.1) is 35.3 Å². The average Bonchev–Trinajstić information content (AvgIpc) is 3.36. The Morgan fingerprint density at radius 2 is 2.03 bits per heavy atom. The normalized spacial score (nSPS) is 15.9. The molecule has 2 aromatic heterocycles. The van der Waals surface area contributed by atoms with Gasteiger partial charge in [-0.25, -0.2) is 18.4 Å². The number of sulfonamides is 1. The van der Waals surface area contributed by atoms with Crippen LogP contribution in [0.4, 0.5) is 0 Å². The summed E-state index contributed by atoms with van der Waals surface area (Å²) in [5.41, 5.74) is 1.39. The monoisotopic (exact) mass is 554 g/mol. The minimum absolute atomic E-state index is 0. The maximum atomic E-state index is 12.6. The molecule has 1 fully saturated rings. The number of aliphatic imine (C=N–C) groups is 1. The lowest BCUT2D eigenvalue weighted by atomic mass is 10.4. The van der Waals surface area contributed by atoms with Crippen molar-refractivity contribution < 1.29 is 12.9 Å². The Hall–Kier alpha value is -1.25. The van der Waals surface area contributed by atoms with Crippen molar-refractivity contribution in [1.29, 1.82) is 0 Å². The Morgan fingerprint density at radius 3 is 2.62 bits per heavy atom. The molecule has 2 aromatic rings. The maximum Gasteiger partial charge on any atom is 0.220 e. The molecule has 1 saturated heterocycles. The topological polar surface area (TPSA) is 104 Å². The number of aromatic nitrogens is 2. The maximum absolute atomic E-state index is 12.6. The van der Waals surface area contributed by atoms with E-state index in [0.717, 1.165) is 29.6 Å². The summed E-state index contributed by atoms with van der Waals surface area (Å²) in [4.78, 5) is 11.3. The van der Waals surface area contributed by atoms with Crippen LogP contribution in [0.25, 0.3) is 0 Å². The van der Waals surface area contributed by atoms with Crippen LogP contribution in [0.2, 0.25) is 0 Å². The lowest BCUT2D eigenvalue weighted by Gasteiger charge is -2.35. The van der Waals surface area contributed by atoms with Crippen LogP contribution in [-0.4, -0.2) is 66.4 Å². The molecule has 0 spiro atoms. The van der Waals surface area contributed by atoms with Gasteiger partial charge in [-0.1, -0.05) is 12.1 Å². The molecule has 0 bridgehead atoms. The molecule has 29 heavy (non-hydrogen) atoms. The van der Waals surface area contributed by atoms with Crippen LogP contribution in [0.1, 0.15) is 30.2 Å². The van der Waals surface area contributed by atoms with E-state index in [1.807, 2.05) is 12.3 Å². The second-order valence-corrected chi connectivity index (χ2v) is 9.30. The van der Waals surface area contributed by atoms with E-state index in [1.165, 1.54) is 10.6 Å². The van der Waals surface area contributed by atoms with E-state index in [-0.39, 0.29) is 29.7 Å². The van der Waals surface area contributed by atoms with Gasteiger partial charge in [0, 0.05) is 44.2 Å². The third-order valence-electron chi connectivity index (χ3n) is 4.38. The van der Waals surface area contributed by atoms with E-state index in [2.05, 4.69) is 32.3 Å². The van der Waals surface area contributed by atoms with Crippen molar-refractivity contribution in [2.75, 3.05) is 32.7 Å². The fourth-order valence-electron chi connectivity index (χ4n) is 2.93. The second-order valence-electron chi connectivity index (χ2n) is 6.39. The van der Waals surface area contributed by atoms with Gasteiger partial charge in [0.1, 0.15) is 12.0 Å². The van der Waals surface area contributed by atoms with E-state index in [1.54, 1.807) is 17.4 Å². The van der Waals surface area contributed by atoms with E-state index in [0.29, 0.717) is 38.4 Å². The van der Waals surface area contributed by atoms with Gasteiger partial charge >= 0.3 is 0 Å². The van der Waals surface area contributed by atoms with Crippen LogP contribution in [0.15, 0.2) is 27.2 Å². The molecule has 0 aliphatic carbocycles. The fourth-order valence-corrected chi connectivity index (χ4v) is 5.09. The van der Waals surface area contributed by atoms with Crippen LogP contribution < -0.4 is 5.32 Å². The summed E-state index contributed by atoms with van der Waals surface area (Å²) < 4.78 is 31.4. The zero-order chi connectivity index (χ0) is 20.0. The number of piperazine rings is 1. The highest BCUT2D eigenvalue weighted by Crippen LogP contribution is 2.14. The summed E-state index contributed by atoms with van der Waals surface area (Å²) in [7, 11) is -3.41. The molecule has 9 nitrogen and oxygen atoms in total. The second kappa shape index (κ2) is 11.2. The summed E-state index contributed by atoms with van der Waals surface area (Å²) in [5.74, 6) is 0.656. The highest BCUT2D eigenvalue weighted by molar-refractivity contribution is 14.0. The van der Waals surface area contributed by atoms with Crippen LogP contribution in [0.3, 0.4) is 0 Å².